The van der Waals surface area contributed by atoms with Gasteiger partial charge in [0.15, 0.2) is 0 Å². The van der Waals surface area contributed by atoms with Gasteiger partial charge in [0.2, 0.25) is 15.9 Å². The van der Waals surface area contributed by atoms with Gasteiger partial charge in [-0.1, -0.05) is 94.6 Å². The fourth-order valence-electron chi connectivity index (χ4n) is 7.37. The third kappa shape index (κ3) is 11.3. The van der Waals surface area contributed by atoms with Crippen LogP contribution in [0.5, 0.6) is 0 Å². The van der Waals surface area contributed by atoms with Gasteiger partial charge in [-0.25, -0.2) is 18.2 Å². The number of hydrogen-bond donors (Lipinski definition) is 4. The maximum atomic E-state index is 14.4. The maximum Gasteiger partial charge on any atom is 0.321 e. The first-order chi connectivity index (χ1) is 26.4. The van der Waals surface area contributed by atoms with E-state index < -0.39 is 28.2 Å². The Bertz CT molecular complexity index is 1820. The SMILES string of the molecule is CC[C@H](C)[C@@H](C(=O)N[C@@H](Cc1ccccc1)[C@H](O)CN(CC1CCCC1)S(=O)(=O)c1ccc(C=NO)cc1)N1CCN(Cc2csc(CNC(C)C)n2)C1=O. The second-order valence-corrected chi connectivity index (χ2v) is 18.0. The van der Waals surface area contributed by atoms with Crippen LogP contribution in [0.25, 0.3) is 0 Å². The fraction of sp³-hybridized carbons (Fsp3) is 0.550. The van der Waals surface area contributed by atoms with Crippen LogP contribution in [-0.4, -0.2) is 106 Å². The quantitative estimate of drug-likeness (QED) is 0.0699. The molecule has 1 aromatic heterocycles. The zero-order valence-corrected chi connectivity index (χ0v) is 34.0. The molecule has 13 nitrogen and oxygen atoms in total. The second-order valence-electron chi connectivity index (χ2n) is 15.2. The lowest BCUT2D eigenvalue weighted by atomic mass is 9.95. The Labute approximate surface area is 329 Å². The van der Waals surface area contributed by atoms with E-state index in [-0.39, 0.29) is 48.2 Å². The first-order valence-corrected chi connectivity index (χ1v) is 21.7. The predicted octanol–water partition coefficient (Wildman–Crippen LogP) is 5.07. The number of aliphatic hydroxyl groups is 1. The van der Waals surface area contributed by atoms with Gasteiger partial charge in [0.05, 0.1) is 35.5 Å². The van der Waals surface area contributed by atoms with Crippen molar-refractivity contribution in [3.05, 3.63) is 81.8 Å². The molecule has 55 heavy (non-hydrogen) atoms. The van der Waals surface area contributed by atoms with Crippen molar-refractivity contribution in [3.8, 4) is 0 Å². The number of thiazole rings is 1. The van der Waals surface area contributed by atoms with Gasteiger partial charge in [0.1, 0.15) is 11.0 Å². The van der Waals surface area contributed by atoms with Gasteiger partial charge in [0.25, 0.3) is 0 Å². The molecule has 0 bridgehead atoms. The van der Waals surface area contributed by atoms with Gasteiger partial charge >= 0.3 is 6.03 Å². The Hall–Kier alpha value is -3.89. The lowest BCUT2D eigenvalue weighted by molar-refractivity contribution is -0.128. The summed E-state index contributed by atoms with van der Waals surface area (Å²) in [6.07, 6.45) is 4.68. The monoisotopic (exact) mass is 795 g/mol. The molecule has 2 fully saturated rings. The number of amides is 3. The number of sulfonamides is 1. The number of oxime groups is 1. The van der Waals surface area contributed by atoms with Crippen LogP contribution in [0.15, 0.2) is 70.0 Å². The Morgan fingerprint density at radius 1 is 1.09 bits per heavy atom. The zero-order valence-electron chi connectivity index (χ0n) is 32.4. The Morgan fingerprint density at radius 3 is 2.45 bits per heavy atom. The van der Waals surface area contributed by atoms with E-state index >= 15 is 0 Å². The van der Waals surface area contributed by atoms with E-state index in [9.17, 15) is 23.1 Å². The van der Waals surface area contributed by atoms with Crippen molar-refractivity contribution in [1.82, 2.24) is 29.7 Å². The highest BCUT2D eigenvalue weighted by molar-refractivity contribution is 7.89. The minimum atomic E-state index is -4.05. The van der Waals surface area contributed by atoms with Crippen molar-refractivity contribution in [2.75, 3.05) is 26.2 Å². The first kappa shape index (κ1) is 42.3. The summed E-state index contributed by atoms with van der Waals surface area (Å²) in [4.78, 5) is 36.5. The van der Waals surface area contributed by atoms with Crippen LogP contribution in [0.2, 0.25) is 0 Å². The number of urea groups is 1. The predicted molar refractivity (Wildman–Crippen MR) is 214 cm³/mol. The van der Waals surface area contributed by atoms with Crippen molar-refractivity contribution >= 4 is 39.5 Å². The Morgan fingerprint density at radius 2 is 1.80 bits per heavy atom. The fourth-order valence-corrected chi connectivity index (χ4v) is 9.64. The van der Waals surface area contributed by atoms with E-state index in [0.717, 1.165) is 41.9 Å². The van der Waals surface area contributed by atoms with Crippen LogP contribution in [0, 0.1) is 11.8 Å². The van der Waals surface area contributed by atoms with Crippen molar-refractivity contribution in [1.29, 1.82) is 0 Å². The molecule has 2 aliphatic rings. The summed E-state index contributed by atoms with van der Waals surface area (Å²) >= 11 is 1.55. The van der Waals surface area contributed by atoms with E-state index in [1.54, 1.807) is 33.3 Å². The molecule has 3 amide bonds. The summed E-state index contributed by atoms with van der Waals surface area (Å²) in [6.45, 7) is 9.93. The Balaban J connectivity index is 1.36. The summed E-state index contributed by atoms with van der Waals surface area (Å²) in [7, 11) is -4.05. The molecule has 4 N–H and O–H groups in total. The molecular formula is C40H57N7O6S2. The molecule has 0 unspecified atom stereocenters. The van der Waals surface area contributed by atoms with Crippen molar-refractivity contribution in [2.45, 2.75) is 108 Å². The molecule has 4 atom stereocenters. The van der Waals surface area contributed by atoms with Gasteiger partial charge in [0, 0.05) is 44.1 Å². The molecule has 1 aliphatic carbocycles. The molecule has 1 aliphatic heterocycles. The van der Waals surface area contributed by atoms with Gasteiger partial charge in [-0.05, 0) is 54.4 Å². The number of aromatic nitrogens is 1. The molecule has 3 aromatic rings. The summed E-state index contributed by atoms with van der Waals surface area (Å²) in [5.41, 5.74) is 2.22. The van der Waals surface area contributed by atoms with Crippen LogP contribution >= 0.6 is 11.3 Å². The van der Waals surface area contributed by atoms with Crippen molar-refractivity contribution < 1.29 is 28.3 Å². The third-order valence-corrected chi connectivity index (χ3v) is 13.4. The topological polar surface area (TPSA) is 168 Å². The number of benzene rings is 2. The van der Waals surface area contributed by atoms with Crippen LogP contribution in [0.4, 0.5) is 4.79 Å². The molecule has 300 valence electrons. The molecule has 1 saturated carbocycles. The molecule has 0 spiro atoms. The number of nitrogens with one attached hydrogen (secondary N) is 2. The highest BCUT2D eigenvalue weighted by Gasteiger charge is 2.41. The highest BCUT2D eigenvalue weighted by Crippen LogP contribution is 2.29. The van der Waals surface area contributed by atoms with Crippen molar-refractivity contribution in [2.24, 2.45) is 17.0 Å². The minimum Gasteiger partial charge on any atom is -0.411 e. The molecule has 1 saturated heterocycles. The first-order valence-electron chi connectivity index (χ1n) is 19.4. The molecule has 5 rings (SSSR count). The summed E-state index contributed by atoms with van der Waals surface area (Å²) in [5, 5.41) is 33.3. The zero-order chi connectivity index (χ0) is 39.5. The largest absolute Gasteiger partial charge is 0.411 e. The van der Waals surface area contributed by atoms with Crippen LogP contribution < -0.4 is 10.6 Å². The summed E-state index contributed by atoms with van der Waals surface area (Å²) < 4.78 is 29.7. The van der Waals surface area contributed by atoms with Crippen LogP contribution in [0.3, 0.4) is 0 Å². The van der Waals surface area contributed by atoms with E-state index in [1.165, 1.54) is 22.7 Å². The molecule has 0 radical (unpaired) electrons. The number of carbonyl (C=O) groups excluding carboxylic acids is 2. The molecular weight excluding hydrogens is 739 g/mol. The number of hydrogen-bond acceptors (Lipinski definition) is 10. The normalized spacial score (nSPS) is 17.8. The highest BCUT2D eigenvalue weighted by atomic mass is 32.2. The Kier molecular flexibility index (Phi) is 15.2. The van der Waals surface area contributed by atoms with Gasteiger partial charge in [-0.15, -0.1) is 11.3 Å². The molecule has 2 aromatic carbocycles. The van der Waals surface area contributed by atoms with Gasteiger partial charge in [-0.3, -0.25) is 4.79 Å². The minimum absolute atomic E-state index is 0.0615. The van der Waals surface area contributed by atoms with Crippen LogP contribution in [0.1, 0.15) is 81.6 Å². The van der Waals surface area contributed by atoms with Gasteiger partial charge in [-0.2, -0.15) is 4.31 Å². The van der Waals surface area contributed by atoms with E-state index in [2.05, 4.69) is 29.6 Å². The average Bonchev–Trinajstić information content (AvgIpc) is 3.94. The van der Waals surface area contributed by atoms with Crippen molar-refractivity contribution in [3.63, 3.8) is 0 Å². The van der Waals surface area contributed by atoms with E-state index in [0.29, 0.717) is 44.2 Å². The number of carbonyl (C=O) groups is 2. The smallest absolute Gasteiger partial charge is 0.321 e. The summed E-state index contributed by atoms with van der Waals surface area (Å²) in [5.74, 6) is -0.424. The average molecular weight is 796 g/mol. The lowest BCUT2D eigenvalue weighted by Crippen LogP contribution is -2.57. The molecule has 2 heterocycles. The summed E-state index contributed by atoms with van der Waals surface area (Å²) in [6, 6.07) is 14.0. The molecule has 15 heteroatoms. The van der Waals surface area contributed by atoms with E-state index in [1.807, 2.05) is 49.6 Å². The number of nitrogens with zero attached hydrogens (tertiary/aromatic N) is 5. The van der Waals surface area contributed by atoms with Gasteiger partial charge < -0.3 is 30.7 Å². The number of rotatable bonds is 20. The number of aliphatic hydroxyl groups excluding tert-OH is 1. The van der Waals surface area contributed by atoms with Crippen LogP contribution in [-0.2, 0) is 34.3 Å². The van der Waals surface area contributed by atoms with E-state index in [4.69, 9.17) is 10.2 Å². The maximum absolute atomic E-state index is 14.4. The third-order valence-electron chi connectivity index (χ3n) is 10.7. The lowest BCUT2D eigenvalue weighted by Gasteiger charge is -2.35. The second kappa shape index (κ2) is 19.8. The standard InChI is InChI=1S/C40H57N7O6S2/c1-5-29(4)38(47-20-19-45(40(47)50)25-33-27-54-37(43-33)23-41-28(2)3)39(49)44-35(21-30-11-7-6-8-12-30)36(48)26-46(24-32-13-9-10-14-32)55(52,53)34-17-15-31(16-18-34)22-42-51/h6-8,11-12,15-18,22,27-29,32,35-36,38,41,48,51H,5,9-10,13-14,19-21,23-26H2,1-4H3,(H,44,49)/t29-,35-,36+,38-/m0/s1.